The van der Waals surface area contributed by atoms with Crippen molar-refractivity contribution in [2.24, 2.45) is 5.92 Å². The van der Waals surface area contributed by atoms with E-state index in [1.54, 1.807) is 16.8 Å². The molecule has 1 aromatic carbocycles. The summed E-state index contributed by atoms with van der Waals surface area (Å²) >= 11 is 0. The zero-order chi connectivity index (χ0) is 20.1. The van der Waals surface area contributed by atoms with Gasteiger partial charge < -0.3 is 24.8 Å². The van der Waals surface area contributed by atoms with Gasteiger partial charge in [0.25, 0.3) is 0 Å². The zero-order valence-corrected chi connectivity index (χ0v) is 15.9. The van der Waals surface area contributed by atoms with Crippen molar-refractivity contribution >= 4 is 17.7 Å². The van der Waals surface area contributed by atoms with E-state index in [1.165, 1.54) is 18.2 Å². The molecule has 154 valence electrons. The van der Waals surface area contributed by atoms with Crippen molar-refractivity contribution in [2.75, 3.05) is 51.8 Å². The first kappa shape index (κ1) is 20.3. The van der Waals surface area contributed by atoms with Gasteiger partial charge in [-0.25, -0.2) is 9.18 Å². The molecule has 2 N–H and O–H groups in total. The summed E-state index contributed by atoms with van der Waals surface area (Å²) in [5, 5.41) is 11.6. The number of morpholine rings is 1. The molecule has 1 saturated heterocycles. The number of carbonyl (C=O) groups excluding carboxylic acids is 1. The molecule has 0 spiro atoms. The van der Waals surface area contributed by atoms with Gasteiger partial charge in [0.15, 0.2) is 0 Å². The standard InChI is InChI=1S/C19H26FN3O5/c1-22(11-18(24)25)9-15-10-23(6-7-27-15)19(26)21-16-5-4-14(20)8-17(16)28-12-13-2-3-13/h4-5,8,13,15H,2-3,6-7,9-12H2,1H3,(H,21,26)(H,24,25). The van der Waals surface area contributed by atoms with Gasteiger partial charge in [-0.15, -0.1) is 0 Å². The van der Waals surface area contributed by atoms with Crippen LogP contribution in [0.25, 0.3) is 0 Å². The minimum Gasteiger partial charge on any atom is -0.491 e. The summed E-state index contributed by atoms with van der Waals surface area (Å²) in [7, 11) is 1.69. The molecule has 1 unspecified atom stereocenters. The highest BCUT2D eigenvalue weighted by molar-refractivity contribution is 5.91. The number of carbonyl (C=O) groups is 2. The quantitative estimate of drug-likeness (QED) is 0.698. The lowest BCUT2D eigenvalue weighted by molar-refractivity contribution is -0.138. The minimum absolute atomic E-state index is 0.0939. The third kappa shape index (κ3) is 6.07. The van der Waals surface area contributed by atoms with Crippen molar-refractivity contribution in [1.82, 2.24) is 9.80 Å². The third-order valence-electron chi connectivity index (χ3n) is 4.70. The van der Waals surface area contributed by atoms with E-state index in [9.17, 15) is 14.0 Å². The van der Waals surface area contributed by atoms with Crippen LogP contribution in [-0.4, -0.2) is 79.5 Å². The number of ether oxygens (including phenoxy) is 2. The van der Waals surface area contributed by atoms with E-state index in [0.717, 1.165) is 12.8 Å². The van der Waals surface area contributed by atoms with Crippen LogP contribution in [0.5, 0.6) is 5.75 Å². The number of amides is 2. The summed E-state index contributed by atoms with van der Waals surface area (Å²) in [6, 6.07) is 3.73. The first-order chi connectivity index (χ1) is 13.4. The maximum atomic E-state index is 13.6. The van der Waals surface area contributed by atoms with Crippen LogP contribution in [0, 0.1) is 11.7 Å². The highest BCUT2D eigenvalue weighted by Gasteiger charge is 2.27. The Balaban J connectivity index is 1.57. The van der Waals surface area contributed by atoms with E-state index < -0.39 is 11.8 Å². The number of benzene rings is 1. The van der Waals surface area contributed by atoms with Gasteiger partial charge in [0.1, 0.15) is 11.6 Å². The molecule has 1 atom stereocenters. The van der Waals surface area contributed by atoms with Crippen LogP contribution in [-0.2, 0) is 9.53 Å². The van der Waals surface area contributed by atoms with Gasteiger partial charge in [-0.1, -0.05) is 0 Å². The normalized spacial score (nSPS) is 19.5. The van der Waals surface area contributed by atoms with Crippen molar-refractivity contribution in [3.63, 3.8) is 0 Å². The van der Waals surface area contributed by atoms with Crippen LogP contribution in [0.3, 0.4) is 0 Å². The van der Waals surface area contributed by atoms with Crippen LogP contribution < -0.4 is 10.1 Å². The molecule has 2 fully saturated rings. The predicted octanol–water partition coefficient (Wildman–Crippen LogP) is 1.86. The topological polar surface area (TPSA) is 91.3 Å². The fraction of sp³-hybridized carbons (Fsp3) is 0.579. The second-order valence-electron chi connectivity index (χ2n) is 7.35. The number of hydrogen-bond acceptors (Lipinski definition) is 5. The van der Waals surface area contributed by atoms with E-state index in [1.807, 2.05) is 0 Å². The lowest BCUT2D eigenvalue weighted by Crippen LogP contribution is -2.50. The summed E-state index contributed by atoms with van der Waals surface area (Å²) in [5.74, 6) is -0.500. The summed E-state index contributed by atoms with van der Waals surface area (Å²) in [6.45, 7) is 1.96. The predicted molar refractivity (Wildman–Crippen MR) is 100 cm³/mol. The Morgan fingerprint density at radius 2 is 2.21 bits per heavy atom. The number of carboxylic acids is 1. The SMILES string of the molecule is CN(CC(=O)O)CC1CN(C(=O)Nc2ccc(F)cc2OCC2CC2)CCO1. The van der Waals surface area contributed by atoms with Crippen molar-refractivity contribution in [1.29, 1.82) is 0 Å². The lowest BCUT2D eigenvalue weighted by atomic mass is 10.2. The monoisotopic (exact) mass is 395 g/mol. The average molecular weight is 395 g/mol. The Morgan fingerprint density at radius 1 is 1.43 bits per heavy atom. The summed E-state index contributed by atoms with van der Waals surface area (Å²) in [5.41, 5.74) is 0.429. The molecule has 1 aliphatic heterocycles. The lowest BCUT2D eigenvalue weighted by Gasteiger charge is -2.34. The Labute approximate surface area is 163 Å². The number of anilines is 1. The fourth-order valence-electron chi connectivity index (χ4n) is 3.06. The number of nitrogens with zero attached hydrogens (tertiary/aromatic N) is 2. The molecule has 2 amide bonds. The molecule has 0 aromatic heterocycles. The summed E-state index contributed by atoms with van der Waals surface area (Å²) in [4.78, 5) is 26.7. The van der Waals surface area contributed by atoms with Gasteiger partial charge in [0.2, 0.25) is 0 Å². The second-order valence-corrected chi connectivity index (χ2v) is 7.35. The molecule has 1 saturated carbocycles. The number of likely N-dealkylation sites (N-methyl/N-ethyl adjacent to an activating group) is 1. The molecular formula is C19H26FN3O5. The van der Waals surface area contributed by atoms with Gasteiger partial charge in [0, 0.05) is 25.7 Å². The Morgan fingerprint density at radius 3 is 2.93 bits per heavy atom. The van der Waals surface area contributed by atoms with Gasteiger partial charge in [-0.2, -0.15) is 0 Å². The Kier molecular flexibility index (Phi) is 6.69. The molecule has 1 heterocycles. The molecule has 1 aromatic rings. The Hall–Kier alpha value is -2.39. The molecule has 0 bridgehead atoms. The number of rotatable bonds is 8. The third-order valence-corrected chi connectivity index (χ3v) is 4.70. The van der Waals surface area contributed by atoms with Crippen LogP contribution in [0.2, 0.25) is 0 Å². The molecule has 9 heteroatoms. The molecule has 8 nitrogen and oxygen atoms in total. The van der Waals surface area contributed by atoms with E-state index in [-0.39, 0.29) is 18.7 Å². The number of nitrogens with one attached hydrogen (secondary N) is 1. The highest BCUT2D eigenvalue weighted by Crippen LogP contribution is 2.32. The van der Waals surface area contributed by atoms with Gasteiger partial charge >= 0.3 is 12.0 Å². The molecule has 2 aliphatic rings. The van der Waals surface area contributed by atoms with Crippen LogP contribution >= 0.6 is 0 Å². The summed E-state index contributed by atoms with van der Waals surface area (Å²) < 4.78 is 24.9. The van der Waals surface area contributed by atoms with Crippen molar-refractivity contribution in [3.05, 3.63) is 24.0 Å². The maximum Gasteiger partial charge on any atom is 0.322 e. The molecule has 3 rings (SSSR count). The van der Waals surface area contributed by atoms with Crippen LogP contribution in [0.4, 0.5) is 14.9 Å². The van der Waals surface area contributed by atoms with Crippen LogP contribution in [0.1, 0.15) is 12.8 Å². The van der Waals surface area contributed by atoms with Gasteiger partial charge in [0.05, 0.1) is 31.5 Å². The fourth-order valence-corrected chi connectivity index (χ4v) is 3.06. The van der Waals surface area contributed by atoms with E-state index in [4.69, 9.17) is 14.6 Å². The molecular weight excluding hydrogens is 369 g/mol. The largest absolute Gasteiger partial charge is 0.491 e. The van der Waals surface area contributed by atoms with Crippen LogP contribution in [0.15, 0.2) is 18.2 Å². The second kappa shape index (κ2) is 9.20. The van der Waals surface area contributed by atoms with Gasteiger partial charge in [-0.3, -0.25) is 9.69 Å². The van der Waals surface area contributed by atoms with E-state index in [2.05, 4.69) is 5.32 Å². The first-order valence-electron chi connectivity index (χ1n) is 9.41. The number of urea groups is 1. The van der Waals surface area contributed by atoms with Gasteiger partial charge in [-0.05, 0) is 37.9 Å². The number of hydrogen-bond donors (Lipinski definition) is 2. The number of halogens is 1. The Bertz CT molecular complexity index is 713. The van der Waals surface area contributed by atoms with Crippen molar-refractivity contribution < 1.29 is 28.6 Å². The van der Waals surface area contributed by atoms with Crippen molar-refractivity contribution in [3.8, 4) is 5.75 Å². The summed E-state index contributed by atoms with van der Waals surface area (Å²) in [6.07, 6.45) is 1.95. The molecule has 28 heavy (non-hydrogen) atoms. The number of aliphatic carboxylic acids is 1. The zero-order valence-electron chi connectivity index (χ0n) is 15.9. The smallest absolute Gasteiger partial charge is 0.322 e. The minimum atomic E-state index is -0.914. The van der Waals surface area contributed by atoms with E-state index in [0.29, 0.717) is 50.2 Å². The molecule has 1 aliphatic carbocycles. The maximum absolute atomic E-state index is 13.6. The van der Waals surface area contributed by atoms with Crippen molar-refractivity contribution in [2.45, 2.75) is 18.9 Å². The molecule has 0 radical (unpaired) electrons. The van der Waals surface area contributed by atoms with E-state index >= 15 is 0 Å². The first-order valence-corrected chi connectivity index (χ1v) is 9.41. The average Bonchev–Trinajstić information content (AvgIpc) is 3.45. The highest BCUT2D eigenvalue weighted by atomic mass is 19.1. The number of carboxylic acid groups (broad SMARTS) is 1.